The summed E-state index contributed by atoms with van der Waals surface area (Å²) in [7, 11) is 0. The molecule has 2 heterocycles. The van der Waals surface area contributed by atoms with Gasteiger partial charge in [0.1, 0.15) is 11.9 Å². The van der Waals surface area contributed by atoms with E-state index >= 15 is 0 Å². The van der Waals surface area contributed by atoms with Gasteiger partial charge in [-0.15, -0.1) is 0 Å². The third-order valence-corrected chi connectivity index (χ3v) is 4.37. The number of amides is 2. The van der Waals surface area contributed by atoms with Gasteiger partial charge in [-0.05, 0) is 30.9 Å². The molecule has 112 valence electrons. The zero-order chi connectivity index (χ0) is 14.8. The van der Waals surface area contributed by atoms with E-state index in [1.807, 2.05) is 0 Å². The number of carbonyl (C=O) groups excluding carboxylic acids is 2. The minimum atomic E-state index is -0.291. The molecule has 2 aliphatic heterocycles. The highest BCUT2D eigenvalue weighted by Crippen LogP contribution is 2.23. The molecule has 2 saturated heterocycles. The van der Waals surface area contributed by atoms with Crippen LogP contribution in [0.4, 0.5) is 4.39 Å². The van der Waals surface area contributed by atoms with Crippen LogP contribution in [0.1, 0.15) is 24.8 Å². The molecule has 2 fully saturated rings. The van der Waals surface area contributed by atoms with Gasteiger partial charge >= 0.3 is 0 Å². The molecule has 2 amide bonds. The highest BCUT2D eigenvalue weighted by atomic mass is 19.1. The molecule has 0 saturated carbocycles. The van der Waals surface area contributed by atoms with Crippen LogP contribution in [0, 0.1) is 5.82 Å². The summed E-state index contributed by atoms with van der Waals surface area (Å²) < 4.78 is 13.6. The molecule has 2 aliphatic rings. The van der Waals surface area contributed by atoms with Crippen LogP contribution in [0.3, 0.4) is 0 Å². The maximum Gasteiger partial charge on any atom is 0.245 e. The molecule has 1 atom stereocenters. The number of carbonyl (C=O) groups is 2. The summed E-state index contributed by atoms with van der Waals surface area (Å²) in [6.07, 6.45) is 2.50. The Hall–Kier alpha value is -1.91. The fourth-order valence-electron chi connectivity index (χ4n) is 3.20. The molecular formula is C16H19FN2O2. The third kappa shape index (κ3) is 2.77. The van der Waals surface area contributed by atoms with E-state index in [0.717, 1.165) is 12.8 Å². The van der Waals surface area contributed by atoms with Crippen molar-refractivity contribution in [1.29, 1.82) is 0 Å². The number of halogens is 1. The Morgan fingerprint density at radius 3 is 2.81 bits per heavy atom. The number of hydrogen-bond donors (Lipinski definition) is 0. The second-order valence-corrected chi connectivity index (χ2v) is 5.66. The summed E-state index contributed by atoms with van der Waals surface area (Å²) in [5.41, 5.74) is 0.615. The van der Waals surface area contributed by atoms with Crippen LogP contribution < -0.4 is 0 Å². The van der Waals surface area contributed by atoms with E-state index in [-0.39, 0.29) is 23.7 Å². The standard InChI is InChI=1S/C16H19FN2O2/c17-13-5-2-1-4-12(13)7-10-18-11-8-15(20)19-9-3-6-14(19)16(18)21/h1-2,4-5,14H,3,6-11H2. The lowest BCUT2D eigenvalue weighted by Crippen LogP contribution is -2.44. The topological polar surface area (TPSA) is 40.6 Å². The molecule has 5 heteroatoms. The molecule has 0 spiro atoms. The number of benzene rings is 1. The number of rotatable bonds is 3. The number of fused-ring (bicyclic) bond motifs is 1. The first-order valence-corrected chi connectivity index (χ1v) is 7.48. The van der Waals surface area contributed by atoms with Crippen LogP contribution in [0.2, 0.25) is 0 Å². The van der Waals surface area contributed by atoms with Crippen molar-refractivity contribution in [1.82, 2.24) is 9.80 Å². The molecule has 0 aromatic heterocycles. The fraction of sp³-hybridized carbons (Fsp3) is 0.500. The first-order chi connectivity index (χ1) is 10.2. The van der Waals surface area contributed by atoms with Gasteiger partial charge in [0.15, 0.2) is 0 Å². The zero-order valence-corrected chi connectivity index (χ0v) is 11.9. The Morgan fingerprint density at radius 2 is 2.00 bits per heavy atom. The summed E-state index contributed by atoms with van der Waals surface area (Å²) in [6, 6.07) is 6.34. The van der Waals surface area contributed by atoms with E-state index < -0.39 is 0 Å². The van der Waals surface area contributed by atoms with Crippen molar-refractivity contribution in [3.63, 3.8) is 0 Å². The van der Waals surface area contributed by atoms with E-state index in [1.165, 1.54) is 6.07 Å². The highest BCUT2D eigenvalue weighted by molar-refractivity contribution is 5.90. The number of hydrogen-bond acceptors (Lipinski definition) is 2. The molecule has 3 rings (SSSR count). The largest absolute Gasteiger partial charge is 0.340 e. The van der Waals surface area contributed by atoms with Gasteiger partial charge in [-0.3, -0.25) is 9.59 Å². The molecule has 0 bridgehead atoms. The van der Waals surface area contributed by atoms with Crippen LogP contribution in [0.25, 0.3) is 0 Å². The molecule has 4 nitrogen and oxygen atoms in total. The average molecular weight is 290 g/mol. The summed E-state index contributed by atoms with van der Waals surface area (Å²) in [5, 5.41) is 0. The monoisotopic (exact) mass is 290 g/mol. The number of nitrogens with zero attached hydrogens (tertiary/aromatic N) is 2. The summed E-state index contributed by atoms with van der Waals surface area (Å²) in [5.74, 6) is -0.146. The summed E-state index contributed by atoms with van der Waals surface area (Å²) >= 11 is 0. The van der Waals surface area contributed by atoms with Crippen molar-refractivity contribution >= 4 is 11.8 Å². The SMILES string of the molecule is O=C1C2CCCN2C(=O)CCN1CCc1ccccc1F. The Balaban J connectivity index is 1.69. The maximum atomic E-state index is 13.6. The second kappa shape index (κ2) is 5.84. The molecule has 1 aromatic rings. The van der Waals surface area contributed by atoms with Crippen molar-refractivity contribution in [2.24, 2.45) is 0 Å². The molecule has 1 unspecified atom stereocenters. The van der Waals surface area contributed by atoms with Crippen LogP contribution in [0.15, 0.2) is 24.3 Å². The van der Waals surface area contributed by atoms with Crippen LogP contribution in [-0.4, -0.2) is 47.3 Å². The van der Waals surface area contributed by atoms with Gasteiger partial charge in [0.25, 0.3) is 0 Å². The minimum Gasteiger partial charge on any atom is -0.340 e. The normalized spacial score (nSPS) is 22.4. The lowest BCUT2D eigenvalue weighted by atomic mass is 10.1. The average Bonchev–Trinajstić information content (AvgIpc) is 2.94. The third-order valence-electron chi connectivity index (χ3n) is 4.37. The van der Waals surface area contributed by atoms with Crippen LogP contribution >= 0.6 is 0 Å². The Kier molecular flexibility index (Phi) is 3.90. The summed E-state index contributed by atoms with van der Waals surface area (Å²) in [4.78, 5) is 28.0. The molecule has 0 radical (unpaired) electrons. The smallest absolute Gasteiger partial charge is 0.245 e. The van der Waals surface area contributed by atoms with Gasteiger partial charge in [0.05, 0.1) is 0 Å². The van der Waals surface area contributed by atoms with Crippen molar-refractivity contribution in [2.45, 2.75) is 31.7 Å². The predicted molar refractivity (Wildman–Crippen MR) is 76.0 cm³/mol. The predicted octanol–water partition coefficient (Wildman–Crippen LogP) is 1.59. The van der Waals surface area contributed by atoms with E-state index in [9.17, 15) is 14.0 Å². The molecule has 1 aromatic carbocycles. The Morgan fingerprint density at radius 1 is 1.19 bits per heavy atom. The molecule has 0 aliphatic carbocycles. The first kappa shape index (κ1) is 14.0. The highest BCUT2D eigenvalue weighted by Gasteiger charge is 2.38. The van der Waals surface area contributed by atoms with Gasteiger partial charge in [-0.1, -0.05) is 18.2 Å². The van der Waals surface area contributed by atoms with Crippen molar-refractivity contribution in [2.75, 3.05) is 19.6 Å². The van der Waals surface area contributed by atoms with Gasteiger partial charge in [0.2, 0.25) is 11.8 Å². The quantitative estimate of drug-likeness (QED) is 0.848. The zero-order valence-electron chi connectivity index (χ0n) is 11.9. The van der Waals surface area contributed by atoms with Gasteiger partial charge < -0.3 is 9.80 Å². The molecule has 0 N–H and O–H groups in total. The Bertz CT molecular complexity index is 561. The minimum absolute atomic E-state index is 0.0229. The summed E-state index contributed by atoms with van der Waals surface area (Å²) in [6.45, 7) is 1.60. The lowest BCUT2D eigenvalue weighted by molar-refractivity contribution is -0.139. The molecule has 21 heavy (non-hydrogen) atoms. The van der Waals surface area contributed by atoms with Crippen molar-refractivity contribution in [3.05, 3.63) is 35.6 Å². The second-order valence-electron chi connectivity index (χ2n) is 5.66. The van der Waals surface area contributed by atoms with Crippen LogP contribution in [-0.2, 0) is 16.0 Å². The maximum absolute atomic E-state index is 13.6. The van der Waals surface area contributed by atoms with Crippen molar-refractivity contribution in [3.8, 4) is 0 Å². The van der Waals surface area contributed by atoms with Gasteiger partial charge in [-0.25, -0.2) is 4.39 Å². The van der Waals surface area contributed by atoms with Gasteiger partial charge in [-0.2, -0.15) is 0 Å². The van der Waals surface area contributed by atoms with E-state index in [4.69, 9.17) is 0 Å². The van der Waals surface area contributed by atoms with E-state index in [0.29, 0.717) is 38.0 Å². The lowest BCUT2D eigenvalue weighted by Gasteiger charge is -2.25. The molecular weight excluding hydrogens is 271 g/mol. The Labute approximate surface area is 123 Å². The first-order valence-electron chi connectivity index (χ1n) is 7.48. The van der Waals surface area contributed by atoms with Crippen LogP contribution in [0.5, 0.6) is 0 Å². The van der Waals surface area contributed by atoms with E-state index in [1.54, 1.807) is 28.0 Å². The van der Waals surface area contributed by atoms with Gasteiger partial charge in [0, 0.05) is 26.1 Å². The van der Waals surface area contributed by atoms with Crippen molar-refractivity contribution < 1.29 is 14.0 Å². The van der Waals surface area contributed by atoms with E-state index in [2.05, 4.69) is 0 Å². The fourth-order valence-corrected chi connectivity index (χ4v) is 3.20.